The van der Waals surface area contributed by atoms with Gasteiger partial charge in [-0.3, -0.25) is 4.79 Å². The summed E-state index contributed by atoms with van der Waals surface area (Å²) in [7, 11) is 0. The number of carbonyl (C=O) groups excluding carboxylic acids is 1. The number of rotatable bonds is 9. The van der Waals surface area contributed by atoms with Crippen molar-refractivity contribution in [3.05, 3.63) is 48.6 Å². The van der Waals surface area contributed by atoms with E-state index in [1.165, 1.54) is 0 Å². The zero-order valence-electron chi connectivity index (χ0n) is 15.7. The molecule has 0 aromatic heterocycles. The van der Waals surface area contributed by atoms with Gasteiger partial charge in [-0.1, -0.05) is 55.5 Å². The molecular weight excluding hydrogens is 328 g/mol. The van der Waals surface area contributed by atoms with Crippen molar-refractivity contribution in [1.82, 2.24) is 0 Å². The van der Waals surface area contributed by atoms with E-state index in [9.17, 15) is 15.0 Å². The molecule has 1 saturated carbocycles. The fraction of sp³-hybridized carbons (Fsp3) is 0.591. The van der Waals surface area contributed by atoms with Crippen molar-refractivity contribution in [1.29, 1.82) is 0 Å². The van der Waals surface area contributed by atoms with Crippen LogP contribution in [0.1, 0.15) is 51.9 Å². The van der Waals surface area contributed by atoms with Crippen molar-refractivity contribution >= 4 is 5.97 Å². The molecule has 2 rings (SSSR count). The molecule has 4 heteroatoms. The van der Waals surface area contributed by atoms with Gasteiger partial charge in [0.05, 0.1) is 12.2 Å². The lowest BCUT2D eigenvalue weighted by Crippen LogP contribution is -2.23. The zero-order chi connectivity index (χ0) is 18.8. The molecule has 0 saturated heterocycles. The van der Waals surface area contributed by atoms with Gasteiger partial charge in [-0.05, 0) is 38.0 Å². The summed E-state index contributed by atoms with van der Waals surface area (Å²) in [6.07, 6.45) is 19.6. The van der Waals surface area contributed by atoms with Crippen LogP contribution in [0.25, 0.3) is 0 Å². The van der Waals surface area contributed by atoms with Gasteiger partial charge in [-0.25, -0.2) is 0 Å². The molecule has 4 nitrogen and oxygen atoms in total. The largest absolute Gasteiger partial charge is 0.462 e. The minimum absolute atomic E-state index is 0.110. The van der Waals surface area contributed by atoms with Gasteiger partial charge in [-0.15, -0.1) is 0 Å². The number of aliphatic hydroxyl groups excluding tert-OH is 2. The number of allylic oxidation sites excluding steroid dienone is 4. The lowest BCUT2D eigenvalue weighted by atomic mass is 10.0. The van der Waals surface area contributed by atoms with E-state index in [0.29, 0.717) is 12.8 Å². The van der Waals surface area contributed by atoms with Crippen molar-refractivity contribution in [2.45, 2.75) is 70.2 Å². The predicted octanol–water partition coefficient (Wildman–Crippen LogP) is 3.86. The molecule has 1 heterocycles. The highest BCUT2D eigenvalue weighted by atomic mass is 16.5. The molecule has 144 valence electrons. The molecule has 1 aliphatic heterocycles. The third-order valence-corrected chi connectivity index (χ3v) is 4.89. The summed E-state index contributed by atoms with van der Waals surface area (Å²) in [4.78, 5) is 11.7. The maximum absolute atomic E-state index is 11.7. The van der Waals surface area contributed by atoms with Crippen LogP contribution in [0.4, 0.5) is 0 Å². The Kier molecular flexibility index (Phi) is 8.86. The Morgan fingerprint density at radius 3 is 2.81 bits per heavy atom. The van der Waals surface area contributed by atoms with E-state index in [4.69, 9.17) is 4.74 Å². The van der Waals surface area contributed by atoms with Crippen molar-refractivity contribution in [3.63, 3.8) is 0 Å². The minimum Gasteiger partial charge on any atom is -0.462 e. The molecule has 0 spiro atoms. The average Bonchev–Trinajstić information content (AvgIpc) is 3.39. The maximum Gasteiger partial charge on any atom is 0.306 e. The smallest absolute Gasteiger partial charge is 0.306 e. The number of ether oxygens (including phenoxy) is 1. The van der Waals surface area contributed by atoms with Crippen LogP contribution in [-0.4, -0.2) is 34.5 Å². The molecule has 2 aliphatic rings. The van der Waals surface area contributed by atoms with Crippen LogP contribution in [0.5, 0.6) is 0 Å². The lowest BCUT2D eigenvalue weighted by molar-refractivity contribution is -0.150. The van der Waals surface area contributed by atoms with Gasteiger partial charge in [0, 0.05) is 18.8 Å². The summed E-state index contributed by atoms with van der Waals surface area (Å²) in [5.41, 5.74) is 0. The second-order valence-corrected chi connectivity index (χ2v) is 7.10. The first-order valence-corrected chi connectivity index (χ1v) is 9.80. The molecule has 2 unspecified atom stereocenters. The molecule has 1 fully saturated rings. The number of hydrogen-bond donors (Lipinski definition) is 2. The van der Waals surface area contributed by atoms with E-state index in [1.807, 2.05) is 18.2 Å². The van der Waals surface area contributed by atoms with Gasteiger partial charge in [0.2, 0.25) is 0 Å². The molecule has 0 amide bonds. The van der Waals surface area contributed by atoms with E-state index in [-0.39, 0.29) is 23.9 Å². The van der Waals surface area contributed by atoms with Crippen molar-refractivity contribution < 1.29 is 19.7 Å². The first kappa shape index (κ1) is 20.7. The van der Waals surface area contributed by atoms with Crippen LogP contribution in [0.15, 0.2) is 48.6 Å². The second kappa shape index (κ2) is 11.1. The summed E-state index contributed by atoms with van der Waals surface area (Å²) in [5.74, 6) is 0.175. The molecular formula is C22H32O4. The Morgan fingerprint density at radius 2 is 2.00 bits per heavy atom. The highest BCUT2D eigenvalue weighted by Crippen LogP contribution is 2.46. The number of aliphatic hydroxyl groups is 2. The van der Waals surface area contributed by atoms with Gasteiger partial charge in [0.15, 0.2) is 0 Å². The summed E-state index contributed by atoms with van der Waals surface area (Å²) < 4.78 is 5.53. The topological polar surface area (TPSA) is 66.8 Å². The number of cyclic esters (lactones) is 1. The monoisotopic (exact) mass is 360 g/mol. The van der Waals surface area contributed by atoms with E-state index >= 15 is 0 Å². The van der Waals surface area contributed by atoms with E-state index in [2.05, 4.69) is 25.2 Å². The normalized spacial score (nSPS) is 30.3. The highest BCUT2D eigenvalue weighted by Gasteiger charge is 2.47. The third-order valence-electron chi connectivity index (χ3n) is 4.89. The van der Waals surface area contributed by atoms with Crippen LogP contribution < -0.4 is 0 Å². The van der Waals surface area contributed by atoms with E-state index < -0.39 is 12.2 Å². The number of hydrogen-bond acceptors (Lipinski definition) is 4. The van der Waals surface area contributed by atoms with Gasteiger partial charge in [0.25, 0.3) is 0 Å². The SMILES string of the molecule is CC/C=C\C/C=C\CC(O)/C=C/[C@H](O)[C@@H]1CC1[C@H]1C/C=C\CCC(=O)O1. The fourth-order valence-corrected chi connectivity index (χ4v) is 3.28. The zero-order valence-corrected chi connectivity index (χ0v) is 15.7. The first-order chi connectivity index (χ1) is 12.6. The molecule has 5 atom stereocenters. The molecule has 0 radical (unpaired) electrons. The van der Waals surface area contributed by atoms with E-state index in [0.717, 1.165) is 32.1 Å². The summed E-state index contributed by atoms with van der Waals surface area (Å²) in [6, 6.07) is 0. The maximum atomic E-state index is 11.7. The lowest BCUT2D eigenvalue weighted by Gasteiger charge is -2.19. The third kappa shape index (κ3) is 7.30. The Bertz CT molecular complexity index is 546. The van der Waals surface area contributed by atoms with Crippen molar-refractivity contribution in [2.24, 2.45) is 11.8 Å². The van der Waals surface area contributed by atoms with Crippen LogP contribution in [0.2, 0.25) is 0 Å². The van der Waals surface area contributed by atoms with E-state index in [1.54, 1.807) is 12.2 Å². The van der Waals surface area contributed by atoms with Gasteiger partial charge in [-0.2, -0.15) is 0 Å². The average molecular weight is 360 g/mol. The Morgan fingerprint density at radius 1 is 1.19 bits per heavy atom. The Balaban J connectivity index is 1.72. The van der Waals surface area contributed by atoms with Crippen molar-refractivity contribution in [3.8, 4) is 0 Å². The first-order valence-electron chi connectivity index (χ1n) is 9.80. The summed E-state index contributed by atoms with van der Waals surface area (Å²) >= 11 is 0. The van der Waals surface area contributed by atoms with Crippen LogP contribution in [0, 0.1) is 11.8 Å². The Labute approximate surface area is 156 Å². The van der Waals surface area contributed by atoms with Crippen LogP contribution >= 0.6 is 0 Å². The number of carbonyl (C=O) groups is 1. The molecule has 0 aromatic carbocycles. The Hall–Kier alpha value is -1.65. The number of esters is 1. The fourth-order valence-electron chi connectivity index (χ4n) is 3.28. The quantitative estimate of drug-likeness (QED) is 0.484. The molecule has 0 aromatic rings. The molecule has 26 heavy (non-hydrogen) atoms. The standard InChI is InChI=1S/C22H32O4/c1-2-3-4-5-6-8-11-17(23)14-15-20(24)18-16-19(18)21-12-9-7-10-13-22(25)26-21/h3-4,6-9,14-15,17-21,23-24H,2,5,10-13,16H2,1H3/b4-3-,8-6-,9-7-,15-14+/t17?,18-,19?,20+,21-/m1/s1. The van der Waals surface area contributed by atoms with Crippen LogP contribution in [0.3, 0.4) is 0 Å². The minimum atomic E-state index is -0.598. The van der Waals surface area contributed by atoms with Gasteiger partial charge in [0.1, 0.15) is 6.10 Å². The predicted molar refractivity (Wildman–Crippen MR) is 103 cm³/mol. The molecule has 1 aliphatic carbocycles. The van der Waals surface area contributed by atoms with Crippen LogP contribution in [-0.2, 0) is 9.53 Å². The molecule has 0 bridgehead atoms. The summed E-state index contributed by atoms with van der Waals surface area (Å²) in [5, 5.41) is 20.3. The van der Waals surface area contributed by atoms with Gasteiger partial charge >= 0.3 is 5.97 Å². The second-order valence-electron chi connectivity index (χ2n) is 7.10. The van der Waals surface area contributed by atoms with Crippen molar-refractivity contribution in [2.75, 3.05) is 0 Å². The summed E-state index contributed by atoms with van der Waals surface area (Å²) in [6.45, 7) is 2.10. The molecule has 2 N–H and O–H groups in total. The highest BCUT2D eigenvalue weighted by molar-refractivity contribution is 5.70. The van der Waals surface area contributed by atoms with Gasteiger partial charge < -0.3 is 14.9 Å².